The van der Waals surface area contributed by atoms with E-state index in [9.17, 15) is 0 Å². The van der Waals surface area contributed by atoms with Crippen molar-refractivity contribution in [3.8, 4) is 5.75 Å². The molecule has 1 aliphatic rings. The Hall–Kier alpha value is -0.770. The molecule has 3 nitrogen and oxygen atoms in total. The molecule has 4 heteroatoms. The lowest BCUT2D eigenvalue weighted by molar-refractivity contribution is 0.0713. The van der Waals surface area contributed by atoms with Crippen molar-refractivity contribution in [1.82, 2.24) is 4.90 Å². The lowest BCUT2D eigenvalue weighted by Crippen LogP contribution is -2.53. The Morgan fingerprint density at radius 1 is 1.25 bits per heavy atom. The number of ether oxygens (including phenoxy) is 1. The van der Waals surface area contributed by atoms with Crippen LogP contribution in [0, 0.1) is 0 Å². The summed E-state index contributed by atoms with van der Waals surface area (Å²) in [6.07, 6.45) is 6.09. The minimum atomic E-state index is -0.0241. The van der Waals surface area contributed by atoms with E-state index in [0.29, 0.717) is 10.8 Å². The number of hydrogen-bond acceptors (Lipinski definition) is 3. The molecule has 112 valence electrons. The standard InChI is InChI=1S/C16H25ClN2O/c1-19(2)16(9-5-4-6-10-16)15(18)12-7-8-13(17)14(11-12)20-3/h7-8,11,15H,4-6,9-10,18H2,1-3H3. The van der Waals surface area contributed by atoms with Crippen LogP contribution in [0.5, 0.6) is 5.75 Å². The van der Waals surface area contributed by atoms with Gasteiger partial charge in [0.25, 0.3) is 0 Å². The predicted octanol–water partition coefficient (Wildman–Crippen LogP) is 3.61. The smallest absolute Gasteiger partial charge is 0.137 e. The Morgan fingerprint density at radius 3 is 2.45 bits per heavy atom. The van der Waals surface area contributed by atoms with E-state index in [4.69, 9.17) is 22.1 Å². The second kappa shape index (κ2) is 6.33. The molecule has 0 amide bonds. The molecule has 1 atom stereocenters. The van der Waals surface area contributed by atoms with E-state index in [-0.39, 0.29) is 11.6 Å². The second-order valence-electron chi connectivity index (χ2n) is 5.93. The van der Waals surface area contributed by atoms with E-state index in [1.807, 2.05) is 18.2 Å². The third kappa shape index (κ3) is 2.80. The molecule has 0 aliphatic heterocycles. The van der Waals surface area contributed by atoms with Crippen molar-refractivity contribution < 1.29 is 4.74 Å². The highest BCUT2D eigenvalue weighted by Crippen LogP contribution is 2.41. The third-order valence-electron chi connectivity index (χ3n) is 4.72. The van der Waals surface area contributed by atoms with Crippen LogP contribution in [-0.2, 0) is 0 Å². The molecule has 1 aliphatic carbocycles. The van der Waals surface area contributed by atoms with Crippen LogP contribution >= 0.6 is 11.6 Å². The van der Waals surface area contributed by atoms with Gasteiger partial charge in [-0.2, -0.15) is 0 Å². The summed E-state index contributed by atoms with van der Waals surface area (Å²) in [6.45, 7) is 0. The Balaban J connectivity index is 2.34. The van der Waals surface area contributed by atoms with Crippen LogP contribution in [0.15, 0.2) is 18.2 Å². The Kier molecular flexibility index (Phi) is 4.95. The largest absolute Gasteiger partial charge is 0.495 e. The monoisotopic (exact) mass is 296 g/mol. The molecule has 20 heavy (non-hydrogen) atoms. The zero-order chi connectivity index (χ0) is 14.8. The maximum absolute atomic E-state index is 6.64. The van der Waals surface area contributed by atoms with Gasteiger partial charge in [-0.1, -0.05) is 36.9 Å². The van der Waals surface area contributed by atoms with E-state index < -0.39 is 0 Å². The number of likely N-dealkylation sites (N-methyl/N-ethyl adjacent to an activating group) is 1. The Bertz CT molecular complexity index is 456. The highest BCUT2D eigenvalue weighted by Gasteiger charge is 2.40. The summed E-state index contributed by atoms with van der Waals surface area (Å²) in [6, 6.07) is 5.85. The fourth-order valence-electron chi connectivity index (χ4n) is 3.38. The van der Waals surface area contributed by atoms with Gasteiger partial charge in [-0.05, 0) is 44.6 Å². The van der Waals surface area contributed by atoms with Gasteiger partial charge in [0.05, 0.1) is 12.1 Å². The van der Waals surface area contributed by atoms with Crippen molar-refractivity contribution in [1.29, 1.82) is 0 Å². The van der Waals surface area contributed by atoms with Crippen molar-refractivity contribution in [2.45, 2.75) is 43.7 Å². The fraction of sp³-hybridized carbons (Fsp3) is 0.625. The van der Waals surface area contributed by atoms with Gasteiger partial charge in [0.1, 0.15) is 5.75 Å². The maximum atomic E-state index is 6.64. The van der Waals surface area contributed by atoms with Gasteiger partial charge in [-0.25, -0.2) is 0 Å². The molecule has 2 rings (SSSR count). The van der Waals surface area contributed by atoms with Crippen LogP contribution in [0.25, 0.3) is 0 Å². The summed E-state index contributed by atoms with van der Waals surface area (Å²) in [5.74, 6) is 0.698. The number of nitrogens with zero attached hydrogens (tertiary/aromatic N) is 1. The van der Waals surface area contributed by atoms with Gasteiger partial charge >= 0.3 is 0 Å². The van der Waals surface area contributed by atoms with Gasteiger partial charge in [-0.15, -0.1) is 0 Å². The van der Waals surface area contributed by atoms with Crippen LogP contribution in [0.4, 0.5) is 0 Å². The Morgan fingerprint density at radius 2 is 1.90 bits per heavy atom. The first-order valence-corrected chi connectivity index (χ1v) is 7.65. The normalized spacial score (nSPS) is 19.9. The Labute approximate surface area is 127 Å². The van der Waals surface area contributed by atoms with E-state index in [0.717, 1.165) is 18.4 Å². The summed E-state index contributed by atoms with van der Waals surface area (Å²) in [5, 5.41) is 0.631. The van der Waals surface area contributed by atoms with Crippen LogP contribution in [0.1, 0.15) is 43.7 Å². The molecule has 0 bridgehead atoms. The number of benzene rings is 1. The predicted molar refractivity (Wildman–Crippen MR) is 84.4 cm³/mol. The summed E-state index contributed by atoms with van der Waals surface area (Å²) < 4.78 is 5.32. The number of methoxy groups -OCH3 is 1. The molecule has 1 fully saturated rings. The minimum absolute atomic E-state index is 0.0241. The summed E-state index contributed by atoms with van der Waals surface area (Å²) >= 11 is 6.11. The average molecular weight is 297 g/mol. The summed E-state index contributed by atoms with van der Waals surface area (Å²) in [7, 11) is 5.91. The zero-order valence-corrected chi connectivity index (χ0v) is 13.4. The first kappa shape index (κ1) is 15.6. The van der Waals surface area contributed by atoms with Crippen molar-refractivity contribution >= 4 is 11.6 Å². The molecule has 0 radical (unpaired) electrons. The average Bonchev–Trinajstić information content (AvgIpc) is 2.47. The molecule has 0 saturated heterocycles. The molecule has 0 spiro atoms. The zero-order valence-electron chi connectivity index (χ0n) is 12.7. The molecule has 1 aromatic rings. The highest BCUT2D eigenvalue weighted by atomic mass is 35.5. The topological polar surface area (TPSA) is 38.5 Å². The first-order chi connectivity index (χ1) is 9.51. The van der Waals surface area contributed by atoms with E-state index >= 15 is 0 Å². The molecule has 1 saturated carbocycles. The lowest BCUT2D eigenvalue weighted by atomic mass is 9.73. The molecular formula is C16H25ClN2O. The SMILES string of the molecule is COc1cc(C(N)C2(N(C)C)CCCCC2)ccc1Cl. The van der Waals surface area contributed by atoms with Gasteiger partial charge in [0.15, 0.2) is 0 Å². The van der Waals surface area contributed by atoms with Crippen LogP contribution < -0.4 is 10.5 Å². The molecular weight excluding hydrogens is 272 g/mol. The maximum Gasteiger partial charge on any atom is 0.137 e. The summed E-state index contributed by atoms with van der Waals surface area (Å²) in [4.78, 5) is 2.30. The number of rotatable bonds is 4. The molecule has 0 aromatic heterocycles. The number of hydrogen-bond donors (Lipinski definition) is 1. The van der Waals surface area contributed by atoms with Crippen LogP contribution in [-0.4, -0.2) is 31.6 Å². The highest BCUT2D eigenvalue weighted by molar-refractivity contribution is 6.32. The lowest BCUT2D eigenvalue weighted by Gasteiger charge is -2.47. The van der Waals surface area contributed by atoms with Gasteiger partial charge < -0.3 is 15.4 Å². The first-order valence-electron chi connectivity index (χ1n) is 7.28. The van der Waals surface area contributed by atoms with Crippen LogP contribution in [0.2, 0.25) is 5.02 Å². The van der Waals surface area contributed by atoms with E-state index in [1.54, 1.807) is 7.11 Å². The molecule has 1 unspecified atom stereocenters. The van der Waals surface area contributed by atoms with Crippen molar-refractivity contribution in [2.24, 2.45) is 5.73 Å². The van der Waals surface area contributed by atoms with E-state index in [1.165, 1.54) is 19.3 Å². The number of nitrogens with two attached hydrogens (primary N) is 1. The van der Waals surface area contributed by atoms with Crippen molar-refractivity contribution in [3.63, 3.8) is 0 Å². The van der Waals surface area contributed by atoms with Crippen molar-refractivity contribution in [3.05, 3.63) is 28.8 Å². The van der Waals surface area contributed by atoms with Gasteiger partial charge in [0, 0.05) is 11.6 Å². The van der Waals surface area contributed by atoms with Gasteiger partial charge in [0.2, 0.25) is 0 Å². The number of halogens is 1. The second-order valence-corrected chi connectivity index (χ2v) is 6.34. The van der Waals surface area contributed by atoms with E-state index in [2.05, 4.69) is 19.0 Å². The van der Waals surface area contributed by atoms with Gasteiger partial charge in [-0.3, -0.25) is 0 Å². The van der Waals surface area contributed by atoms with Crippen LogP contribution in [0.3, 0.4) is 0 Å². The molecule has 2 N–H and O–H groups in total. The minimum Gasteiger partial charge on any atom is -0.495 e. The quantitative estimate of drug-likeness (QED) is 0.922. The van der Waals surface area contributed by atoms with Crippen molar-refractivity contribution in [2.75, 3.05) is 21.2 Å². The summed E-state index contributed by atoms with van der Waals surface area (Å²) in [5.41, 5.74) is 7.78. The fourth-order valence-corrected chi connectivity index (χ4v) is 3.58. The molecule has 0 heterocycles. The third-order valence-corrected chi connectivity index (χ3v) is 5.04. The molecule has 1 aromatic carbocycles.